The van der Waals surface area contributed by atoms with Gasteiger partial charge in [-0.25, -0.2) is 0 Å². The van der Waals surface area contributed by atoms with Crippen LogP contribution >= 0.6 is 0 Å². The fourth-order valence-electron chi connectivity index (χ4n) is 4.54. The molecule has 0 radical (unpaired) electrons. The highest BCUT2D eigenvalue weighted by Crippen LogP contribution is 2.41. The van der Waals surface area contributed by atoms with E-state index in [0.29, 0.717) is 5.92 Å². The molecule has 0 aromatic carbocycles. The Morgan fingerprint density at radius 3 is 1.77 bits per heavy atom. The summed E-state index contributed by atoms with van der Waals surface area (Å²) in [5.41, 5.74) is 0. The van der Waals surface area contributed by atoms with E-state index in [1.807, 2.05) is 0 Å². The van der Waals surface area contributed by atoms with E-state index in [1.165, 1.54) is 51.4 Å². The molecule has 0 unspecified atom stereocenters. The van der Waals surface area contributed by atoms with Crippen LogP contribution in [0.3, 0.4) is 0 Å². The van der Waals surface area contributed by atoms with Crippen molar-refractivity contribution in [1.82, 2.24) is 0 Å². The lowest BCUT2D eigenvalue weighted by molar-refractivity contribution is -0.171. The van der Waals surface area contributed by atoms with Crippen molar-refractivity contribution in [3.63, 3.8) is 0 Å². The van der Waals surface area contributed by atoms with Crippen molar-refractivity contribution in [1.29, 1.82) is 0 Å². The number of hydrogen-bond acceptors (Lipinski definition) is 2. The first-order valence-electron chi connectivity index (χ1n) is 9.62. The highest BCUT2D eigenvalue weighted by Gasteiger charge is 2.29. The Morgan fingerprint density at radius 1 is 0.636 bits per heavy atom. The Kier molecular flexibility index (Phi) is 5.98. The first-order chi connectivity index (χ1) is 10.7. The summed E-state index contributed by atoms with van der Waals surface area (Å²) < 4.78 is 11.4. The second kappa shape index (κ2) is 7.97. The van der Waals surface area contributed by atoms with E-state index in [9.17, 15) is 0 Å². The Labute approximate surface area is 136 Å². The van der Waals surface area contributed by atoms with Crippen molar-refractivity contribution in [2.45, 2.75) is 71.5 Å². The summed E-state index contributed by atoms with van der Waals surface area (Å²) in [4.78, 5) is 0. The molecule has 3 rings (SSSR count). The van der Waals surface area contributed by atoms with Gasteiger partial charge in [-0.05, 0) is 68.3 Å². The molecule has 0 spiro atoms. The molecule has 2 heteroatoms. The quantitative estimate of drug-likeness (QED) is 0.668. The topological polar surface area (TPSA) is 18.5 Å². The van der Waals surface area contributed by atoms with Gasteiger partial charge in [-0.3, -0.25) is 0 Å². The monoisotopic (exact) mass is 306 g/mol. The predicted molar refractivity (Wildman–Crippen MR) is 90.6 cm³/mol. The third kappa shape index (κ3) is 4.58. The highest BCUT2D eigenvalue weighted by atomic mass is 16.7. The smallest absolute Gasteiger partial charge is 0.176 e. The summed E-state index contributed by atoms with van der Waals surface area (Å²) in [6.45, 7) is 6.27. The zero-order valence-electron chi connectivity index (χ0n) is 14.5. The van der Waals surface area contributed by atoms with Crippen LogP contribution in [0.15, 0.2) is 12.2 Å². The van der Waals surface area contributed by atoms with Gasteiger partial charge in [0.25, 0.3) is 0 Å². The van der Waals surface area contributed by atoms with Gasteiger partial charge in [-0.2, -0.15) is 0 Å². The van der Waals surface area contributed by atoms with E-state index in [2.05, 4.69) is 26.0 Å². The van der Waals surface area contributed by atoms with E-state index >= 15 is 0 Å². The van der Waals surface area contributed by atoms with Gasteiger partial charge in [0.1, 0.15) is 0 Å². The summed E-state index contributed by atoms with van der Waals surface area (Å²) >= 11 is 0. The molecule has 0 aromatic rings. The lowest BCUT2D eigenvalue weighted by atomic mass is 9.69. The summed E-state index contributed by atoms with van der Waals surface area (Å²) in [5, 5.41) is 0. The number of allylic oxidation sites excluding steroid dienone is 1. The number of ether oxygens (including phenoxy) is 2. The largest absolute Gasteiger partial charge is 0.349 e. The van der Waals surface area contributed by atoms with Gasteiger partial charge in [0.05, 0.1) is 13.2 Å². The Hall–Kier alpha value is -0.340. The molecule has 0 atom stereocenters. The Bertz CT molecular complexity index is 341. The molecule has 1 saturated heterocycles. The predicted octanol–water partition coefficient (Wildman–Crippen LogP) is 5.18. The Morgan fingerprint density at radius 2 is 1.18 bits per heavy atom. The lowest BCUT2D eigenvalue weighted by Gasteiger charge is -2.36. The molecule has 2 saturated carbocycles. The fourth-order valence-corrected chi connectivity index (χ4v) is 4.54. The van der Waals surface area contributed by atoms with Crippen molar-refractivity contribution < 1.29 is 9.47 Å². The normalized spacial score (nSPS) is 44.3. The van der Waals surface area contributed by atoms with Gasteiger partial charge in [0.15, 0.2) is 6.29 Å². The molecular formula is C20H34O2. The Balaban J connectivity index is 1.38. The van der Waals surface area contributed by atoms with Gasteiger partial charge in [-0.1, -0.05) is 32.8 Å². The van der Waals surface area contributed by atoms with Crippen molar-refractivity contribution in [2.24, 2.45) is 29.6 Å². The molecular weight excluding hydrogens is 272 g/mol. The summed E-state index contributed by atoms with van der Waals surface area (Å²) in [5.74, 6) is 4.32. The van der Waals surface area contributed by atoms with Crippen molar-refractivity contribution >= 4 is 0 Å². The number of hydrogen-bond donors (Lipinski definition) is 0. The van der Waals surface area contributed by atoms with Crippen molar-refractivity contribution in [3.05, 3.63) is 12.2 Å². The van der Waals surface area contributed by atoms with Gasteiger partial charge in [0, 0.05) is 5.92 Å². The lowest BCUT2D eigenvalue weighted by Crippen LogP contribution is -2.29. The summed E-state index contributed by atoms with van der Waals surface area (Å²) in [6, 6.07) is 0. The molecule has 0 bridgehead atoms. The second-order valence-electron chi connectivity index (χ2n) is 8.22. The first-order valence-corrected chi connectivity index (χ1v) is 9.62. The van der Waals surface area contributed by atoms with E-state index in [1.54, 1.807) is 0 Å². The third-order valence-electron chi connectivity index (χ3n) is 6.17. The molecule has 0 aromatic heterocycles. The van der Waals surface area contributed by atoms with Crippen LogP contribution in [-0.2, 0) is 9.47 Å². The molecule has 3 aliphatic rings. The van der Waals surface area contributed by atoms with E-state index in [4.69, 9.17) is 9.47 Å². The van der Waals surface area contributed by atoms with E-state index in [0.717, 1.165) is 36.9 Å². The van der Waals surface area contributed by atoms with Crippen LogP contribution < -0.4 is 0 Å². The standard InChI is InChI=1S/C20H34O2/c1-15-3-8-18(9-4-15)19-10-5-17(6-11-19)7-12-20-21-13-16(2)14-22-20/h7,12,15-20H,3-6,8-11,13-14H2,1-2H3/b12-7+. The van der Waals surface area contributed by atoms with Crippen molar-refractivity contribution in [3.8, 4) is 0 Å². The molecule has 3 fully saturated rings. The fraction of sp³-hybridized carbons (Fsp3) is 0.900. The van der Waals surface area contributed by atoms with Crippen LogP contribution in [0.1, 0.15) is 65.2 Å². The van der Waals surface area contributed by atoms with E-state index in [-0.39, 0.29) is 6.29 Å². The minimum absolute atomic E-state index is 0.0891. The molecule has 2 aliphatic carbocycles. The zero-order valence-corrected chi connectivity index (χ0v) is 14.5. The molecule has 22 heavy (non-hydrogen) atoms. The molecule has 126 valence electrons. The first kappa shape index (κ1) is 16.5. The average molecular weight is 306 g/mol. The van der Waals surface area contributed by atoms with Crippen molar-refractivity contribution in [2.75, 3.05) is 13.2 Å². The van der Waals surface area contributed by atoms with Crippen LogP contribution in [0.5, 0.6) is 0 Å². The minimum atomic E-state index is -0.0891. The SMILES string of the molecule is CC1CCC(C2CCC(/C=C/C3OCC(C)CO3)CC2)CC1. The molecule has 2 nitrogen and oxygen atoms in total. The van der Waals surface area contributed by atoms with Gasteiger partial charge >= 0.3 is 0 Å². The molecule has 0 N–H and O–H groups in total. The van der Waals surface area contributed by atoms with Crippen LogP contribution in [0, 0.1) is 29.6 Å². The highest BCUT2D eigenvalue weighted by molar-refractivity contribution is 4.94. The van der Waals surface area contributed by atoms with Crippen LogP contribution in [0.25, 0.3) is 0 Å². The van der Waals surface area contributed by atoms with Gasteiger partial charge in [0.2, 0.25) is 0 Å². The van der Waals surface area contributed by atoms with E-state index < -0.39 is 0 Å². The van der Waals surface area contributed by atoms with Crippen LogP contribution in [0.4, 0.5) is 0 Å². The molecule has 1 heterocycles. The third-order valence-corrected chi connectivity index (χ3v) is 6.17. The summed E-state index contributed by atoms with van der Waals surface area (Å²) in [6.07, 6.45) is 16.0. The maximum absolute atomic E-state index is 5.70. The number of rotatable bonds is 3. The zero-order chi connectivity index (χ0) is 15.4. The van der Waals surface area contributed by atoms with Gasteiger partial charge < -0.3 is 9.47 Å². The molecule has 0 amide bonds. The second-order valence-corrected chi connectivity index (χ2v) is 8.22. The average Bonchev–Trinajstić information content (AvgIpc) is 2.56. The minimum Gasteiger partial charge on any atom is -0.349 e. The maximum atomic E-state index is 5.70. The van der Waals surface area contributed by atoms with Gasteiger partial charge in [-0.15, -0.1) is 0 Å². The molecule has 1 aliphatic heterocycles. The van der Waals surface area contributed by atoms with Crippen LogP contribution in [-0.4, -0.2) is 19.5 Å². The summed E-state index contributed by atoms with van der Waals surface area (Å²) in [7, 11) is 0. The van der Waals surface area contributed by atoms with Crippen LogP contribution in [0.2, 0.25) is 0 Å². The maximum Gasteiger partial charge on any atom is 0.176 e.